The van der Waals surface area contributed by atoms with Crippen LogP contribution in [0.15, 0.2) is 12.1 Å². The first kappa shape index (κ1) is 17.0. The summed E-state index contributed by atoms with van der Waals surface area (Å²) < 4.78 is 16.1. The van der Waals surface area contributed by atoms with Gasteiger partial charge in [-0.2, -0.15) is 4.98 Å². The number of rotatable bonds is 4. The van der Waals surface area contributed by atoms with Crippen molar-refractivity contribution < 1.29 is 19.0 Å². The van der Waals surface area contributed by atoms with Crippen molar-refractivity contribution >= 4 is 5.91 Å². The highest BCUT2D eigenvalue weighted by Crippen LogP contribution is 2.46. The van der Waals surface area contributed by atoms with Crippen molar-refractivity contribution in [2.45, 2.75) is 38.2 Å². The van der Waals surface area contributed by atoms with Crippen LogP contribution in [0.5, 0.6) is 11.8 Å². The molecule has 0 N–H and O–H groups in total. The molecule has 1 aromatic heterocycles. The van der Waals surface area contributed by atoms with E-state index in [0.29, 0.717) is 17.3 Å². The van der Waals surface area contributed by atoms with Gasteiger partial charge in [0.15, 0.2) is 0 Å². The number of carbonyl (C=O) groups excluding carboxylic acids is 1. The number of hydrogen-bond acceptors (Lipinski definition) is 5. The van der Waals surface area contributed by atoms with Crippen LogP contribution >= 0.6 is 0 Å². The Morgan fingerprint density at radius 2 is 2.00 bits per heavy atom. The Labute approximate surface area is 143 Å². The molecule has 3 rings (SSSR count). The third-order valence-electron chi connectivity index (χ3n) is 5.47. The lowest BCUT2D eigenvalue weighted by molar-refractivity contribution is -0.0296. The first-order valence-corrected chi connectivity index (χ1v) is 8.54. The molecule has 2 heterocycles. The Balaban J connectivity index is 1.82. The third kappa shape index (κ3) is 2.95. The second-order valence-corrected chi connectivity index (χ2v) is 6.72. The van der Waals surface area contributed by atoms with E-state index in [2.05, 4.69) is 4.98 Å². The molecule has 0 radical (unpaired) electrons. The van der Waals surface area contributed by atoms with E-state index in [1.54, 1.807) is 26.4 Å². The predicted molar refractivity (Wildman–Crippen MR) is 89.6 cm³/mol. The van der Waals surface area contributed by atoms with Crippen LogP contribution in [0.1, 0.15) is 42.5 Å². The molecule has 2 aliphatic rings. The minimum atomic E-state index is -0.0252. The lowest BCUT2D eigenvalue weighted by atomic mass is 9.76. The van der Waals surface area contributed by atoms with Crippen molar-refractivity contribution in [2.24, 2.45) is 5.41 Å². The van der Waals surface area contributed by atoms with Crippen molar-refractivity contribution in [3.63, 3.8) is 0 Å². The molecule has 1 saturated heterocycles. The van der Waals surface area contributed by atoms with E-state index in [-0.39, 0.29) is 17.4 Å². The van der Waals surface area contributed by atoms with Crippen LogP contribution in [0.25, 0.3) is 0 Å². The summed E-state index contributed by atoms with van der Waals surface area (Å²) in [6.45, 7) is 1.52. The van der Waals surface area contributed by atoms with Gasteiger partial charge in [0.25, 0.3) is 5.91 Å². The minimum absolute atomic E-state index is 0.0252. The number of likely N-dealkylation sites (tertiary alicyclic amines) is 1. The summed E-state index contributed by atoms with van der Waals surface area (Å²) in [7, 11) is 4.85. The molecule has 24 heavy (non-hydrogen) atoms. The number of nitrogens with zero attached hydrogens (tertiary/aromatic N) is 2. The topological polar surface area (TPSA) is 60.9 Å². The van der Waals surface area contributed by atoms with Crippen LogP contribution in [0.4, 0.5) is 0 Å². The van der Waals surface area contributed by atoms with Crippen LogP contribution < -0.4 is 9.47 Å². The average molecular weight is 334 g/mol. The zero-order chi connectivity index (χ0) is 17.2. The first-order valence-electron chi connectivity index (χ1n) is 8.54. The van der Waals surface area contributed by atoms with Gasteiger partial charge in [0.1, 0.15) is 5.56 Å². The van der Waals surface area contributed by atoms with Gasteiger partial charge in [-0.3, -0.25) is 4.79 Å². The van der Waals surface area contributed by atoms with E-state index >= 15 is 0 Å². The smallest absolute Gasteiger partial charge is 0.259 e. The summed E-state index contributed by atoms with van der Waals surface area (Å²) in [6.07, 6.45) is 5.79. The number of aromatic nitrogens is 1. The molecule has 6 heteroatoms. The summed E-state index contributed by atoms with van der Waals surface area (Å²) in [5.74, 6) is 0.727. The minimum Gasteiger partial charge on any atom is -0.481 e. The molecule has 0 aromatic carbocycles. The van der Waals surface area contributed by atoms with Crippen molar-refractivity contribution in [3.8, 4) is 11.8 Å². The molecule has 6 nitrogen and oxygen atoms in total. The van der Waals surface area contributed by atoms with Crippen molar-refractivity contribution in [3.05, 3.63) is 17.7 Å². The summed E-state index contributed by atoms with van der Waals surface area (Å²) in [4.78, 5) is 19.2. The standard InChI is InChI=1S/C18H26N2O4/c1-22-14-6-4-9-18(14)10-5-11-20(12-18)17(21)13-7-8-15(23-2)19-16(13)24-3/h7-8,14H,4-6,9-12H2,1-3H3/t14-,18+/m1/s1. The molecule has 2 fully saturated rings. The Morgan fingerprint density at radius 1 is 1.21 bits per heavy atom. The summed E-state index contributed by atoms with van der Waals surface area (Å²) >= 11 is 0. The first-order chi connectivity index (χ1) is 11.6. The highest BCUT2D eigenvalue weighted by atomic mass is 16.5. The number of ether oxygens (including phenoxy) is 3. The molecule has 2 atom stereocenters. The van der Waals surface area contributed by atoms with Gasteiger partial charge in [-0.25, -0.2) is 0 Å². The molecule has 1 aliphatic heterocycles. The number of carbonyl (C=O) groups is 1. The second-order valence-electron chi connectivity index (χ2n) is 6.72. The lowest BCUT2D eigenvalue weighted by Crippen LogP contribution is -2.49. The largest absolute Gasteiger partial charge is 0.481 e. The average Bonchev–Trinajstić information content (AvgIpc) is 3.02. The van der Waals surface area contributed by atoms with Crippen molar-refractivity contribution in [2.75, 3.05) is 34.4 Å². The number of methoxy groups -OCH3 is 3. The second kappa shape index (κ2) is 6.97. The molecule has 1 saturated carbocycles. The normalized spacial score (nSPS) is 26.6. The highest BCUT2D eigenvalue weighted by molar-refractivity contribution is 5.96. The molecule has 1 amide bonds. The van der Waals surface area contributed by atoms with Gasteiger partial charge in [0, 0.05) is 31.7 Å². The quantitative estimate of drug-likeness (QED) is 0.847. The Hall–Kier alpha value is -1.82. The zero-order valence-electron chi connectivity index (χ0n) is 14.7. The Bertz CT molecular complexity index is 607. The van der Waals surface area contributed by atoms with Crippen LogP contribution in [0, 0.1) is 5.41 Å². The van der Waals surface area contributed by atoms with Crippen LogP contribution in [0.3, 0.4) is 0 Å². The fourth-order valence-electron chi connectivity index (χ4n) is 4.30. The highest BCUT2D eigenvalue weighted by Gasteiger charge is 2.46. The van der Waals surface area contributed by atoms with Gasteiger partial charge < -0.3 is 19.1 Å². The molecule has 1 aliphatic carbocycles. The van der Waals surface area contributed by atoms with Gasteiger partial charge >= 0.3 is 0 Å². The molecule has 1 spiro atoms. The molecular formula is C18H26N2O4. The Morgan fingerprint density at radius 3 is 2.71 bits per heavy atom. The molecule has 0 unspecified atom stereocenters. The van der Waals surface area contributed by atoms with E-state index in [0.717, 1.165) is 38.8 Å². The van der Waals surface area contributed by atoms with Crippen molar-refractivity contribution in [1.29, 1.82) is 0 Å². The monoisotopic (exact) mass is 334 g/mol. The molecule has 0 bridgehead atoms. The van der Waals surface area contributed by atoms with Crippen LogP contribution in [-0.2, 0) is 4.74 Å². The third-order valence-corrected chi connectivity index (χ3v) is 5.47. The van der Waals surface area contributed by atoms with E-state index < -0.39 is 0 Å². The number of amides is 1. The lowest BCUT2D eigenvalue weighted by Gasteiger charge is -2.43. The predicted octanol–water partition coefficient (Wildman–Crippen LogP) is 2.52. The number of pyridine rings is 1. The van der Waals surface area contributed by atoms with Gasteiger partial charge in [0.2, 0.25) is 11.8 Å². The van der Waals surface area contributed by atoms with E-state index in [9.17, 15) is 4.79 Å². The molecule has 132 valence electrons. The van der Waals surface area contributed by atoms with Gasteiger partial charge in [-0.15, -0.1) is 0 Å². The SMILES string of the molecule is COc1ccc(C(=O)N2CCC[C@@]3(CCC[C@H]3OC)C2)c(OC)n1. The fraction of sp³-hybridized carbons (Fsp3) is 0.667. The maximum Gasteiger partial charge on any atom is 0.259 e. The molecule has 1 aromatic rings. The van der Waals surface area contributed by atoms with Gasteiger partial charge in [-0.1, -0.05) is 6.42 Å². The van der Waals surface area contributed by atoms with Gasteiger partial charge in [-0.05, 0) is 31.7 Å². The number of hydrogen-bond donors (Lipinski definition) is 0. The number of piperidine rings is 1. The van der Waals surface area contributed by atoms with E-state index in [1.165, 1.54) is 13.5 Å². The summed E-state index contributed by atoms with van der Waals surface area (Å²) in [5.41, 5.74) is 0.595. The van der Waals surface area contributed by atoms with Crippen LogP contribution in [0.2, 0.25) is 0 Å². The summed E-state index contributed by atoms with van der Waals surface area (Å²) in [6, 6.07) is 3.43. The van der Waals surface area contributed by atoms with Gasteiger partial charge in [0.05, 0.1) is 20.3 Å². The van der Waals surface area contributed by atoms with E-state index in [4.69, 9.17) is 14.2 Å². The van der Waals surface area contributed by atoms with Crippen molar-refractivity contribution in [1.82, 2.24) is 9.88 Å². The Kier molecular flexibility index (Phi) is 4.94. The fourth-order valence-corrected chi connectivity index (χ4v) is 4.30. The van der Waals surface area contributed by atoms with Crippen LogP contribution in [-0.4, -0.2) is 56.3 Å². The molecular weight excluding hydrogens is 308 g/mol. The summed E-state index contributed by atoms with van der Waals surface area (Å²) in [5, 5.41) is 0. The zero-order valence-corrected chi connectivity index (χ0v) is 14.7. The van der Waals surface area contributed by atoms with E-state index in [1.807, 2.05) is 4.90 Å². The maximum atomic E-state index is 13.0. The maximum absolute atomic E-state index is 13.0.